The molecule has 0 saturated carbocycles. The third-order valence-electron chi connectivity index (χ3n) is 3.84. The van der Waals surface area contributed by atoms with Crippen molar-refractivity contribution < 1.29 is 14.2 Å². The van der Waals surface area contributed by atoms with Crippen LogP contribution in [0.3, 0.4) is 0 Å². The highest BCUT2D eigenvalue weighted by Crippen LogP contribution is 2.32. The number of methoxy groups -OCH3 is 2. The van der Waals surface area contributed by atoms with Gasteiger partial charge in [0.05, 0.1) is 19.2 Å². The standard InChI is InChI=1S/C20H21BrN2O3/c1-13(12-24-2)26-17-10-15(9-16(11-17)25-3)23-20-6-7-22-19-5-4-14(21)8-18(19)20/h4-11,13H,12H2,1-3H3,(H,22,23). The van der Waals surface area contributed by atoms with Crippen LogP contribution in [0.2, 0.25) is 0 Å². The maximum atomic E-state index is 5.92. The first-order chi connectivity index (χ1) is 12.6. The largest absolute Gasteiger partial charge is 0.497 e. The Balaban J connectivity index is 1.93. The molecule has 1 heterocycles. The Morgan fingerprint density at radius 3 is 2.65 bits per heavy atom. The Morgan fingerprint density at radius 1 is 1.08 bits per heavy atom. The molecule has 0 aliphatic rings. The summed E-state index contributed by atoms with van der Waals surface area (Å²) in [5.74, 6) is 1.44. The van der Waals surface area contributed by atoms with E-state index < -0.39 is 0 Å². The fourth-order valence-corrected chi connectivity index (χ4v) is 3.07. The van der Waals surface area contributed by atoms with E-state index in [4.69, 9.17) is 14.2 Å². The van der Waals surface area contributed by atoms with Gasteiger partial charge in [-0.05, 0) is 31.2 Å². The molecule has 1 unspecified atom stereocenters. The van der Waals surface area contributed by atoms with E-state index in [0.29, 0.717) is 12.4 Å². The van der Waals surface area contributed by atoms with E-state index in [1.807, 2.05) is 49.4 Å². The molecule has 0 fully saturated rings. The van der Waals surface area contributed by atoms with E-state index in [9.17, 15) is 0 Å². The fraction of sp³-hybridized carbons (Fsp3) is 0.250. The van der Waals surface area contributed by atoms with Gasteiger partial charge in [-0.3, -0.25) is 4.98 Å². The molecule has 2 aromatic carbocycles. The average molecular weight is 417 g/mol. The molecule has 136 valence electrons. The smallest absolute Gasteiger partial charge is 0.125 e. The molecule has 6 heteroatoms. The lowest BCUT2D eigenvalue weighted by molar-refractivity contribution is 0.0919. The van der Waals surface area contributed by atoms with Crippen molar-refractivity contribution in [3.05, 3.63) is 53.1 Å². The van der Waals surface area contributed by atoms with Crippen molar-refractivity contribution in [1.29, 1.82) is 0 Å². The van der Waals surface area contributed by atoms with E-state index in [2.05, 4.69) is 26.2 Å². The minimum absolute atomic E-state index is 0.0577. The molecule has 0 spiro atoms. The third kappa shape index (κ3) is 4.45. The third-order valence-corrected chi connectivity index (χ3v) is 4.33. The molecule has 3 rings (SSSR count). The maximum absolute atomic E-state index is 5.92. The molecule has 0 saturated heterocycles. The summed E-state index contributed by atoms with van der Waals surface area (Å²) >= 11 is 3.52. The molecule has 1 atom stereocenters. The minimum Gasteiger partial charge on any atom is -0.497 e. The van der Waals surface area contributed by atoms with Gasteiger partial charge in [0.1, 0.15) is 17.6 Å². The van der Waals surface area contributed by atoms with Crippen LogP contribution in [-0.4, -0.2) is 31.9 Å². The van der Waals surface area contributed by atoms with Crippen molar-refractivity contribution in [3.63, 3.8) is 0 Å². The number of ether oxygens (including phenoxy) is 3. The van der Waals surface area contributed by atoms with Crippen LogP contribution in [0.4, 0.5) is 11.4 Å². The highest BCUT2D eigenvalue weighted by atomic mass is 79.9. The Kier molecular flexibility index (Phi) is 5.96. The van der Waals surface area contributed by atoms with Gasteiger partial charge in [0.25, 0.3) is 0 Å². The first-order valence-corrected chi connectivity index (χ1v) is 9.04. The molecule has 0 amide bonds. The van der Waals surface area contributed by atoms with Crippen LogP contribution in [0.15, 0.2) is 53.1 Å². The first kappa shape index (κ1) is 18.5. The number of anilines is 2. The summed E-state index contributed by atoms with van der Waals surface area (Å²) in [6, 6.07) is 13.7. The predicted octanol–water partition coefficient (Wildman–Crippen LogP) is 5.16. The predicted molar refractivity (Wildman–Crippen MR) is 108 cm³/mol. The van der Waals surface area contributed by atoms with E-state index >= 15 is 0 Å². The van der Waals surface area contributed by atoms with E-state index in [1.54, 1.807) is 20.4 Å². The monoisotopic (exact) mass is 416 g/mol. The van der Waals surface area contributed by atoms with Crippen molar-refractivity contribution >= 4 is 38.2 Å². The maximum Gasteiger partial charge on any atom is 0.125 e. The Morgan fingerprint density at radius 2 is 1.88 bits per heavy atom. The lowest BCUT2D eigenvalue weighted by atomic mass is 10.1. The molecule has 3 aromatic rings. The molecule has 0 aliphatic heterocycles. The summed E-state index contributed by atoms with van der Waals surface area (Å²) in [7, 11) is 3.30. The van der Waals surface area contributed by atoms with Gasteiger partial charge in [0.15, 0.2) is 0 Å². The SMILES string of the molecule is COCC(C)Oc1cc(Nc2ccnc3ccc(Br)cc23)cc(OC)c1. The molecule has 0 radical (unpaired) electrons. The topological polar surface area (TPSA) is 52.6 Å². The summed E-state index contributed by atoms with van der Waals surface area (Å²) in [4.78, 5) is 4.41. The van der Waals surface area contributed by atoms with Crippen molar-refractivity contribution in [1.82, 2.24) is 4.98 Å². The number of nitrogens with zero attached hydrogens (tertiary/aromatic N) is 1. The Labute approximate surface area is 161 Å². The van der Waals surface area contributed by atoms with Crippen LogP contribution in [0, 0.1) is 0 Å². The summed E-state index contributed by atoms with van der Waals surface area (Å²) < 4.78 is 17.5. The zero-order valence-corrected chi connectivity index (χ0v) is 16.5. The van der Waals surface area contributed by atoms with Gasteiger partial charge < -0.3 is 19.5 Å². The number of halogens is 1. The van der Waals surface area contributed by atoms with Gasteiger partial charge in [-0.1, -0.05) is 15.9 Å². The van der Waals surface area contributed by atoms with Gasteiger partial charge in [0.2, 0.25) is 0 Å². The van der Waals surface area contributed by atoms with Crippen molar-refractivity contribution in [2.75, 3.05) is 26.1 Å². The van der Waals surface area contributed by atoms with E-state index in [-0.39, 0.29) is 6.10 Å². The van der Waals surface area contributed by atoms with Gasteiger partial charge >= 0.3 is 0 Å². The molecule has 1 N–H and O–H groups in total. The second kappa shape index (κ2) is 8.38. The second-order valence-electron chi connectivity index (χ2n) is 5.93. The van der Waals surface area contributed by atoms with Crippen molar-refractivity contribution in [3.8, 4) is 11.5 Å². The van der Waals surface area contributed by atoms with Crippen LogP contribution in [0.5, 0.6) is 11.5 Å². The number of nitrogens with one attached hydrogen (secondary N) is 1. The molecule has 5 nitrogen and oxygen atoms in total. The van der Waals surface area contributed by atoms with Gasteiger partial charge in [-0.15, -0.1) is 0 Å². The van der Waals surface area contributed by atoms with E-state index in [1.165, 1.54) is 0 Å². The number of benzene rings is 2. The van der Waals surface area contributed by atoms with Gasteiger partial charge in [-0.25, -0.2) is 0 Å². The number of aromatic nitrogens is 1. The average Bonchev–Trinajstić information content (AvgIpc) is 2.62. The molecule has 1 aromatic heterocycles. The lowest BCUT2D eigenvalue weighted by Gasteiger charge is -2.17. The minimum atomic E-state index is -0.0577. The zero-order valence-electron chi connectivity index (χ0n) is 15.0. The highest BCUT2D eigenvalue weighted by Gasteiger charge is 2.09. The lowest BCUT2D eigenvalue weighted by Crippen LogP contribution is -2.18. The van der Waals surface area contributed by atoms with Crippen LogP contribution < -0.4 is 14.8 Å². The van der Waals surface area contributed by atoms with Crippen LogP contribution in [-0.2, 0) is 4.74 Å². The fourth-order valence-electron chi connectivity index (χ4n) is 2.71. The molecule has 26 heavy (non-hydrogen) atoms. The summed E-state index contributed by atoms with van der Waals surface area (Å²) in [6.07, 6.45) is 1.73. The normalized spacial score (nSPS) is 12.0. The molecule has 0 aliphatic carbocycles. The van der Waals surface area contributed by atoms with Crippen molar-refractivity contribution in [2.24, 2.45) is 0 Å². The number of rotatable bonds is 7. The van der Waals surface area contributed by atoms with Gasteiger partial charge in [0, 0.05) is 52.7 Å². The molecular formula is C20H21BrN2O3. The van der Waals surface area contributed by atoms with Gasteiger partial charge in [-0.2, -0.15) is 0 Å². The Bertz CT molecular complexity index is 901. The van der Waals surface area contributed by atoms with E-state index in [0.717, 1.165) is 32.5 Å². The number of hydrogen-bond donors (Lipinski definition) is 1. The van der Waals surface area contributed by atoms with Crippen LogP contribution in [0.1, 0.15) is 6.92 Å². The highest BCUT2D eigenvalue weighted by molar-refractivity contribution is 9.10. The van der Waals surface area contributed by atoms with Crippen LogP contribution in [0.25, 0.3) is 10.9 Å². The second-order valence-corrected chi connectivity index (χ2v) is 6.84. The van der Waals surface area contributed by atoms with Crippen LogP contribution >= 0.6 is 15.9 Å². The zero-order chi connectivity index (χ0) is 18.5. The summed E-state index contributed by atoms with van der Waals surface area (Å²) in [6.45, 7) is 2.48. The quantitative estimate of drug-likeness (QED) is 0.575. The Hall–Kier alpha value is -2.31. The number of pyridine rings is 1. The number of hydrogen-bond acceptors (Lipinski definition) is 5. The molecular weight excluding hydrogens is 396 g/mol. The summed E-state index contributed by atoms with van der Waals surface area (Å²) in [5, 5.41) is 4.47. The molecule has 0 bridgehead atoms. The summed E-state index contributed by atoms with van der Waals surface area (Å²) in [5.41, 5.74) is 2.75. The first-order valence-electron chi connectivity index (χ1n) is 8.25. The van der Waals surface area contributed by atoms with Crippen molar-refractivity contribution in [2.45, 2.75) is 13.0 Å². The number of fused-ring (bicyclic) bond motifs is 1.